The molecule has 1 aromatic carbocycles. The van der Waals surface area contributed by atoms with Gasteiger partial charge in [-0.25, -0.2) is 0 Å². The average molecular weight is 299 g/mol. The Morgan fingerprint density at radius 2 is 2.00 bits per heavy atom. The molecule has 0 bridgehead atoms. The van der Waals surface area contributed by atoms with Crippen molar-refractivity contribution in [3.05, 3.63) is 34.3 Å². The average Bonchev–Trinajstić information content (AvgIpc) is 2.30. The molecule has 0 aliphatic rings. The van der Waals surface area contributed by atoms with Crippen LogP contribution in [0.2, 0.25) is 0 Å². The summed E-state index contributed by atoms with van der Waals surface area (Å²) in [4.78, 5) is 2.42. The van der Waals surface area contributed by atoms with E-state index in [1.165, 1.54) is 5.56 Å². The minimum atomic E-state index is 0.255. The van der Waals surface area contributed by atoms with Crippen molar-refractivity contribution in [1.82, 2.24) is 4.90 Å². The monoisotopic (exact) mass is 298 g/mol. The van der Waals surface area contributed by atoms with Gasteiger partial charge >= 0.3 is 0 Å². The van der Waals surface area contributed by atoms with E-state index in [-0.39, 0.29) is 6.04 Å². The summed E-state index contributed by atoms with van der Waals surface area (Å²) in [6, 6.07) is 8.66. The molecule has 0 amide bonds. The maximum absolute atomic E-state index is 6.17. The number of benzene rings is 1. The zero-order chi connectivity index (χ0) is 12.7. The highest BCUT2D eigenvalue weighted by molar-refractivity contribution is 9.10. The van der Waals surface area contributed by atoms with E-state index in [9.17, 15) is 0 Å². The highest BCUT2D eigenvalue weighted by atomic mass is 79.9. The first-order chi connectivity index (χ1) is 8.15. The Bertz CT molecular complexity index is 324. The molecule has 0 saturated heterocycles. The van der Waals surface area contributed by atoms with Crippen molar-refractivity contribution in [1.29, 1.82) is 0 Å². The van der Waals surface area contributed by atoms with Gasteiger partial charge in [-0.3, -0.25) is 0 Å². The summed E-state index contributed by atoms with van der Waals surface area (Å²) in [5, 5.41) is 0. The van der Waals surface area contributed by atoms with Gasteiger partial charge in [-0.15, -0.1) is 0 Å². The summed E-state index contributed by atoms with van der Waals surface area (Å²) < 4.78 is 1.13. The molecular formula is C14H23BrN2. The summed E-state index contributed by atoms with van der Waals surface area (Å²) in [5.74, 6) is 0. The number of hydrogen-bond donors (Lipinski definition) is 1. The van der Waals surface area contributed by atoms with Gasteiger partial charge in [0, 0.05) is 10.5 Å². The second-order valence-electron chi connectivity index (χ2n) is 4.41. The summed E-state index contributed by atoms with van der Waals surface area (Å²) in [6.45, 7) is 7.72. The Balaban J connectivity index is 2.36. The van der Waals surface area contributed by atoms with E-state index in [4.69, 9.17) is 5.73 Å². The molecule has 0 radical (unpaired) electrons. The van der Waals surface area contributed by atoms with Gasteiger partial charge in [-0.1, -0.05) is 41.9 Å². The van der Waals surface area contributed by atoms with Crippen LogP contribution in [0, 0.1) is 0 Å². The molecule has 0 heterocycles. The third-order valence-electron chi connectivity index (χ3n) is 3.10. The number of rotatable bonds is 7. The molecule has 1 aromatic rings. The molecule has 1 rings (SSSR count). The number of halogens is 1. The quantitative estimate of drug-likeness (QED) is 0.838. The SMILES string of the molecule is CCN(CC)CCC(N)Cc1cccc(Br)c1. The first-order valence-corrected chi connectivity index (χ1v) is 7.17. The van der Waals surface area contributed by atoms with Crippen LogP contribution < -0.4 is 5.73 Å². The first kappa shape index (κ1) is 14.7. The van der Waals surface area contributed by atoms with Crippen molar-refractivity contribution in [2.45, 2.75) is 32.7 Å². The zero-order valence-corrected chi connectivity index (χ0v) is 12.4. The molecule has 96 valence electrons. The van der Waals surface area contributed by atoms with Crippen molar-refractivity contribution in [2.24, 2.45) is 5.73 Å². The number of nitrogens with two attached hydrogens (primary N) is 1. The lowest BCUT2D eigenvalue weighted by atomic mass is 10.0. The molecule has 3 heteroatoms. The topological polar surface area (TPSA) is 29.3 Å². The molecule has 1 atom stereocenters. The van der Waals surface area contributed by atoms with Crippen LogP contribution in [-0.2, 0) is 6.42 Å². The lowest BCUT2D eigenvalue weighted by Gasteiger charge is -2.20. The Hall–Kier alpha value is -0.380. The fourth-order valence-corrected chi connectivity index (χ4v) is 2.40. The molecule has 0 fully saturated rings. The van der Waals surface area contributed by atoms with Crippen molar-refractivity contribution < 1.29 is 0 Å². The molecule has 0 saturated carbocycles. The fraction of sp³-hybridized carbons (Fsp3) is 0.571. The lowest BCUT2D eigenvalue weighted by molar-refractivity contribution is 0.290. The van der Waals surface area contributed by atoms with Crippen molar-refractivity contribution >= 4 is 15.9 Å². The zero-order valence-electron chi connectivity index (χ0n) is 10.8. The van der Waals surface area contributed by atoms with E-state index in [0.29, 0.717) is 0 Å². The smallest absolute Gasteiger partial charge is 0.0178 e. The van der Waals surface area contributed by atoms with Gasteiger partial charge in [-0.2, -0.15) is 0 Å². The predicted octanol–water partition coefficient (Wildman–Crippen LogP) is 3.05. The Morgan fingerprint density at radius 3 is 2.59 bits per heavy atom. The van der Waals surface area contributed by atoms with Crippen molar-refractivity contribution in [3.63, 3.8) is 0 Å². The van der Waals surface area contributed by atoms with E-state index < -0.39 is 0 Å². The van der Waals surface area contributed by atoms with Crippen LogP contribution in [0.3, 0.4) is 0 Å². The minimum absolute atomic E-state index is 0.255. The van der Waals surface area contributed by atoms with Crippen LogP contribution in [0.4, 0.5) is 0 Å². The van der Waals surface area contributed by atoms with E-state index in [2.05, 4.69) is 52.9 Å². The highest BCUT2D eigenvalue weighted by Gasteiger charge is 2.07. The van der Waals surface area contributed by atoms with Gasteiger partial charge in [0.1, 0.15) is 0 Å². The highest BCUT2D eigenvalue weighted by Crippen LogP contribution is 2.13. The van der Waals surface area contributed by atoms with Gasteiger partial charge in [0.2, 0.25) is 0 Å². The summed E-state index contributed by atoms with van der Waals surface area (Å²) in [5.41, 5.74) is 7.48. The standard InChI is InChI=1S/C14H23BrN2/c1-3-17(4-2)9-8-14(16)11-12-6-5-7-13(15)10-12/h5-7,10,14H,3-4,8-9,11,16H2,1-2H3. The molecule has 2 nitrogen and oxygen atoms in total. The van der Waals surface area contributed by atoms with E-state index in [1.807, 2.05) is 6.07 Å². The van der Waals surface area contributed by atoms with Crippen LogP contribution in [-0.4, -0.2) is 30.6 Å². The normalized spacial score (nSPS) is 13.0. The molecule has 0 aliphatic heterocycles. The lowest BCUT2D eigenvalue weighted by Crippen LogP contribution is -2.31. The molecule has 2 N–H and O–H groups in total. The molecule has 0 spiro atoms. The van der Waals surface area contributed by atoms with Crippen LogP contribution in [0.1, 0.15) is 25.8 Å². The maximum Gasteiger partial charge on any atom is 0.0178 e. The van der Waals surface area contributed by atoms with Crippen LogP contribution in [0.15, 0.2) is 28.7 Å². The second kappa shape index (κ2) is 7.85. The Morgan fingerprint density at radius 1 is 1.29 bits per heavy atom. The molecular weight excluding hydrogens is 276 g/mol. The van der Waals surface area contributed by atoms with E-state index in [0.717, 1.165) is 36.9 Å². The van der Waals surface area contributed by atoms with Gasteiger partial charge in [0.25, 0.3) is 0 Å². The molecule has 1 unspecified atom stereocenters. The van der Waals surface area contributed by atoms with Crippen molar-refractivity contribution in [3.8, 4) is 0 Å². The van der Waals surface area contributed by atoms with Crippen LogP contribution in [0.5, 0.6) is 0 Å². The molecule has 17 heavy (non-hydrogen) atoms. The van der Waals surface area contributed by atoms with Crippen molar-refractivity contribution in [2.75, 3.05) is 19.6 Å². The number of nitrogens with zero attached hydrogens (tertiary/aromatic N) is 1. The van der Waals surface area contributed by atoms with Gasteiger partial charge in [0.05, 0.1) is 0 Å². The summed E-state index contributed by atoms with van der Waals surface area (Å²) in [6.07, 6.45) is 2.02. The second-order valence-corrected chi connectivity index (χ2v) is 5.33. The first-order valence-electron chi connectivity index (χ1n) is 6.38. The fourth-order valence-electron chi connectivity index (χ4n) is 1.96. The van der Waals surface area contributed by atoms with Gasteiger partial charge in [-0.05, 0) is 50.2 Å². The minimum Gasteiger partial charge on any atom is -0.327 e. The van der Waals surface area contributed by atoms with Gasteiger partial charge < -0.3 is 10.6 Å². The third kappa shape index (κ3) is 5.66. The van der Waals surface area contributed by atoms with Crippen LogP contribution >= 0.6 is 15.9 Å². The van der Waals surface area contributed by atoms with E-state index in [1.54, 1.807) is 0 Å². The molecule has 0 aromatic heterocycles. The summed E-state index contributed by atoms with van der Waals surface area (Å²) in [7, 11) is 0. The summed E-state index contributed by atoms with van der Waals surface area (Å²) >= 11 is 3.49. The van der Waals surface area contributed by atoms with E-state index >= 15 is 0 Å². The predicted molar refractivity (Wildman–Crippen MR) is 78.2 cm³/mol. The largest absolute Gasteiger partial charge is 0.327 e. The van der Waals surface area contributed by atoms with Crippen LogP contribution in [0.25, 0.3) is 0 Å². The maximum atomic E-state index is 6.17. The molecule has 0 aliphatic carbocycles. The number of hydrogen-bond acceptors (Lipinski definition) is 2. The van der Waals surface area contributed by atoms with Gasteiger partial charge in [0.15, 0.2) is 0 Å². The Kier molecular flexibility index (Phi) is 6.78. The third-order valence-corrected chi connectivity index (χ3v) is 3.59. The Labute approximate surface area is 113 Å².